The summed E-state index contributed by atoms with van der Waals surface area (Å²) in [6.45, 7) is 1.81. The van der Waals surface area contributed by atoms with Crippen molar-refractivity contribution < 1.29 is 27.1 Å². The quantitative estimate of drug-likeness (QED) is 0.428. The van der Waals surface area contributed by atoms with Crippen molar-refractivity contribution in [2.45, 2.75) is 25.9 Å². The third-order valence-electron chi connectivity index (χ3n) is 4.34. The summed E-state index contributed by atoms with van der Waals surface area (Å²) in [4.78, 5) is 16.5. The van der Waals surface area contributed by atoms with Crippen LogP contribution in [-0.4, -0.2) is 22.1 Å². The fraction of sp³-hybridized carbons (Fsp3) is 0.238. The lowest BCUT2D eigenvalue weighted by atomic mass is 10.0. The van der Waals surface area contributed by atoms with E-state index >= 15 is 0 Å². The highest BCUT2D eigenvalue weighted by molar-refractivity contribution is 5.88. The molecule has 0 unspecified atom stereocenters. The van der Waals surface area contributed by atoms with Crippen molar-refractivity contribution >= 4 is 5.97 Å². The normalized spacial score (nSPS) is 11.5. The molecule has 0 radical (unpaired) electrons. The zero-order chi connectivity index (χ0) is 21.0. The van der Waals surface area contributed by atoms with Gasteiger partial charge in [0.1, 0.15) is 11.6 Å². The molecule has 0 saturated carbocycles. The molecule has 0 bridgehead atoms. The largest absolute Gasteiger partial charge is 0.461 e. The Balaban J connectivity index is 1.96. The van der Waals surface area contributed by atoms with Gasteiger partial charge in [-0.25, -0.2) is 14.2 Å². The molecule has 3 rings (SSSR count). The van der Waals surface area contributed by atoms with Gasteiger partial charge in [-0.1, -0.05) is 18.2 Å². The number of rotatable bonds is 6. The van der Waals surface area contributed by atoms with Crippen molar-refractivity contribution in [3.63, 3.8) is 0 Å². The number of nitrogens with zero attached hydrogens (tertiary/aromatic N) is 2. The molecule has 3 aromatic rings. The number of imidazole rings is 1. The van der Waals surface area contributed by atoms with E-state index in [9.17, 15) is 22.4 Å². The monoisotopic (exact) mass is 406 g/mol. The molecule has 0 spiro atoms. The van der Waals surface area contributed by atoms with E-state index in [-0.39, 0.29) is 30.7 Å². The Hall–Kier alpha value is -3.16. The lowest BCUT2D eigenvalue weighted by Crippen LogP contribution is -2.14. The van der Waals surface area contributed by atoms with Gasteiger partial charge < -0.3 is 4.74 Å². The number of halogens is 4. The van der Waals surface area contributed by atoms with Crippen LogP contribution >= 0.6 is 0 Å². The molecule has 8 heteroatoms. The number of esters is 1. The predicted molar refractivity (Wildman–Crippen MR) is 98.3 cm³/mol. The molecule has 0 aliphatic rings. The van der Waals surface area contributed by atoms with Crippen LogP contribution in [0.5, 0.6) is 0 Å². The highest BCUT2D eigenvalue weighted by Gasteiger charge is 2.32. The minimum Gasteiger partial charge on any atom is -0.461 e. The maximum atomic E-state index is 13.3. The number of hydrogen-bond donors (Lipinski definition) is 0. The van der Waals surface area contributed by atoms with Crippen LogP contribution in [0.3, 0.4) is 0 Å². The van der Waals surface area contributed by atoms with E-state index in [0.717, 1.165) is 6.07 Å². The molecule has 0 N–H and O–H groups in total. The third-order valence-corrected chi connectivity index (χ3v) is 4.34. The number of aromatic nitrogens is 2. The average Bonchev–Trinajstić information content (AvgIpc) is 3.11. The average molecular weight is 406 g/mol. The summed E-state index contributed by atoms with van der Waals surface area (Å²) in [5, 5.41) is 0. The SMILES string of the molecule is CCOC(=O)c1cnc(CCc2ccccc2C(F)(F)F)n1-c1ccc(F)cc1. The summed E-state index contributed by atoms with van der Waals surface area (Å²) in [6, 6.07) is 10.7. The number of carbonyl (C=O) groups excluding carboxylic acids is 1. The molecular formula is C21H18F4N2O2. The van der Waals surface area contributed by atoms with E-state index in [1.165, 1.54) is 47.2 Å². The topological polar surface area (TPSA) is 44.1 Å². The number of aryl methyl sites for hydroxylation is 2. The summed E-state index contributed by atoms with van der Waals surface area (Å²) >= 11 is 0. The van der Waals surface area contributed by atoms with Crippen molar-refractivity contribution in [3.05, 3.63) is 83.2 Å². The van der Waals surface area contributed by atoms with Crippen LogP contribution < -0.4 is 0 Å². The van der Waals surface area contributed by atoms with E-state index in [1.807, 2.05) is 0 Å². The van der Waals surface area contributed by atoms with Crippen molar-refractivity contribution in [1.82, 2.24) is 9.55 Å². The molecule has 0 atom stereocenters. The highest BCUT2D eigenvalue weighted by atomic mass is 19.4. The second-order valence-electron chi connectivity index (χ2n) is 6.25. The Morgan fingerprint density at radius 1 is 1.07 bits per heavy atom. The van der Waals surface area contributed by atoms with Crippen LogP contribution in [0, 0.1) is 5.82 Å². The fourth-order valence-electron chi connectivity index (χ4n) is 3.06. The molecule has 29 heavy (non-hydrogen) atoms. The minimum absolute atomic E-state index is 0.0656. The van der Waals surface area contributed by atoms with Gasteiger partial charge in [0.05, 0.1) is 18.4 Å². The first-order valence-electron chi connectivity index (χ1n) is 8.96. The number of alkyl halides is 3. The highest BCUT2D eigenvalue weighted by Crippen LogP contribution is 2.32. The Morgan fingerprint density at radius 3 is 2.41 bits per heavy atom. The van der Waals surface area contributed by atoms with Crippen molar-refractivity contribution in [3.8, 4) is 5.69 Å². The molecule has 152 valence electrons. The van der Waals surface area contributed by atoms with Gasteiger partial charge >= 0.3 is 12.1 Å². The van der Waals surface area contributed by atoms with Gasteiger partial charge in [0.25, 0.3) is 0 Å². The summed E-state index contributed by atoms with van der Waals surface area (Å²) in [5.41, 5.74) is 0.0143. The molecule has 2 aromatic carbocycles. The van der Waals surface area contributed by atoms with E-state index in [0.29, 0.717) is 11.5 Å². The second-order valence-corrected chi connectivity index (χ2v) is 6.25. The number of carbonyl (C=O) groups is 1. The van der Waals surface area contributed by atoms with Crippen molar-refractivity contribution in [2.75, 3.05) is 6.61 Å². The van der Waals surface area contributed by atoms with Gasteiger partial charge in [-0.3, -0.25) is 4.57 Å². The summed E-state index contributed by atoms with van der Waals surface area (Å²) < 4.78 is 59.5. The predicted octanol–water partition coefficient (Wildman–Crippen LogP) is 4.99. The van der Waals surface area contributed by atoms with E-state index in [4.69, 9.17) is 4.74 Å². The molecule has 0 amide bonds. The van der Waals surface area contributed by atoms with E-state index < -0.39 is 23.5 Å². The summed E-state index contributed by atoms with van der Waals surface area (Å²) in [5.74, 6) is -0.699. The van der Waals surface area contributed by atoms with Crippen LogP contribution in [0.2, 0.25) is 0 Å². The molecule has 0 aliphatic heterocycles. The van der Waals surface area contributed by atoms with Crippen LogP contribution in [0.25, 0.3) is 5.69 Å². The molecule has 1 aromatic heterocycles. The smallest absolute Gasteiger partial charge is 0.416 e. The lowest BCUT2D eigenvalue weighted by molar-refractivity contribution is -0.138. The Kier molecular flexibility index (Phi) is 6.00. The zero-order valence-electron chi connectivity index (χ0n) is 15.5. The van der Waals surface area contributed by atoms with Crippen LogP contribution in [0.4, 0.5) is 17.6 Å². The number of ether oxygens (including phenoxy) is 1. The molecule has 0 aliphatic carbocycles. The molecule has 4 nitrogen and oxygen atoms in total. The van der Waals surface area contributed by atoms with Crippen molar-refractivity contribution in [2.24, 2.45) is 0 Å². The van der Waals surface area contributed by atoms with Gasteiger partial charge in [0.15, 0.2) is 5.69 Å². The minimum atomic E-state index is -4.46. The first kappa shape index (κ1) is 20.6. The maximum Gasteiger partial charge on any atom is 0.416 e. The zero-order valence-corrected chi connectivity index (χ0v) is 15.5. The van der Waals surface area contributed by atoms with Crippen LogP contribution in [0.1, 0.15) is 34.4 Å². The second kappa shape index (κ2) is 8.46. The van der Waals surface area contributed by atoms with Crippen LogP contribution in [0.15, 0.2) is 54.7 Å². The molecule has 1 heterocycles. The fourth-order valence-corrected chi connectivity index (χ4v) is 3.06. The first-order valence-corrected chi connectivity index (χ1v) is 8.96. The third kappa shape index (κ3) is 4.64. The molecule has 0 fully saturated rings. The van der Waals surface area contributed by atoms with Crippen molar-refractivity contribution in [1.29, 1.82) is 0 Å². The first-order chi connectivity index (χ1) is 13.8. The van der Waals surface area contributed by atoms with E-state index in [2.05, 4.69) is 4.98 Å². The molecular weight excluding hydrogens is 388 g/mol. The number of hydrogen-bond acceptors (Lipinski definition) is 3. The Bertz CT molecular complexity index is 995. The summed E-state index contributed by atoms with van der Waals surface area (Å²) in [6.07, 6.45) is -2.94. The Morgan fingerprint density at radius 2 is 1.76 bits per heavy atom. The van der Waals surface area contributed by atoms with Gasteiger partial charge in [-0.15, -0.1) is 0 Å². The lowest BCUT2D eigenvalue weighted by Gasteiger charge is -2.14. The number of benzene rings is 2. The van der Waals surface area contributed by atoms with E-state index in [1.54, 1.807) is 13.0 Å². The van der Waals surface area contributed by atoms with Gasteiger partial charge in [0.2, 0.25) is 0 Å². The van der Waals surface area contributed by atoms with Gasteiger partial charge in [-0.2, -0.15) is 13.2 Å². The standard InChI is InChI=1S/C21H18F4N2O2/c1-2-29-20(28)18-13-26-19(27(18)16-10-8-15(22)9-11-16)12-7-14-5-3-4-6-17(14)21(23,24)25/h3-6,8-11,13H,2,7,12H2,1H3. The molecule has 0 saturated heterocycles. The van der Waals surface area contributed by atoms with Gasteiger partial charge in [0, 0.05) is 12.1 Å². The van der Waals surface area contributed by atoms with Crippen LogP contribution in [-0.2, 0) is 23.8 Å². The van der Waals surface area contributed by atoms with Gasteiger partial charge in [-0.05, 0) is 49.2 Å². The maximum absolute atomic E-state index is 13.3. The summed E-state index contributed by atoms with van der Waals surface area (Å²) in [7, 11) is 0. The Labute approximate surface area is 164 Å².